The van der Waals surface area contributed by atoms with Gasteiger partial charge in [0.15, 0.2) is 0 Å². The van der Waals surface area contributed by atoms with E-state index in [0.29, 0.717) is 18.6 Å². The highest BCUT2D eigenvalue weighted by molar-refractivity contribution is 5.81. The third-order valence-electron chi connectivity index (χ3n) is 2.27. The lowest BCUT2D eigenvalue weighted by molar-refractivity contribution is -0.123. The number of carbonyl (C=O) groups is 1. The zero-order chi connectivity index (χ0) is 8.81. The van der Waals surface area contributed by atoms with Crippen LogP contribution in [0.2, 0.25) is 0 Å². The quantitative estimate of drug-likeness (QED) is 0.631. The van der Waals surface area contributed by atoms with Gasteiger partial charge in [-0.05, 0) is 19.4 Å². The van der Waals surface area contributed by atoms with Crippen LogP contribution in [0.5, 0.6) is 0 Å². The molecule has 12 heavy (non-hydrogen) atoms. The monoisotopic (exact) mass is 165 g/mol. The summed E-state index contributed by atoms with van der Waals surface area (Å²) >= 11 is 0. The minimum atomic E-state index is 0.229. The molecule has 1 aliphatic rings. The Morgan fingerprint density at radius 2 is 2.50 bits per heavy atom. The van der Waals surface area contributed by atoms with E-state index in [1.54, 1.807) is 0 Å². The fourth-order valence-corrected chi connectivity index (χ4v) is 1.53. The van der Waals surface area contributed by atoms with Gasteiger partial charge in [0, 0.05) is 25.3 Å². The SMILES string of the molecule is C#CCCC(=O)C1CCCNC1. The molecule has 66 valence electrons. The molecular weight excluding hydrogens is 150 g/mol. The van der Waals surface area contributed by atoms with Crippen molar-refractivity contribution < 1.29 is 4.79 Å². The summed E-state index contributed by atoms with van der Waals surface area (Å²) in [6, 6.07) is 0. The molecule has 0 spiro atoms. The zero-order valence-corrected chi connectivity index (χ0v) is 7.31. The van der Waals surface area contributed by atoms with Gasteiger partial charge in [0.2, 0.25) is 0 Å². The Hall–Kier alpha value is -0.810. The molecule has 1 atom stereocenters. The van der Waals surface area contributed by atoms with Gasteiger partial charge in [0.1, 0.15) is 5.78 Å². The van der Waals surface area contributed by atoms with Crippen molar-refractivity contribution in [2.75, 3.05) is 13.1 Å². The molecule has 0 bridgehead atoms. The van der Waals surface area contributed by atoms with E-state index < -0.39 is 0 Å². The predicted octanol–water partition coefficient (Wildman–Crippen LogP) is 0.968. The minimum Gasteiger partial charge on any atom is -0.316 e. The first-order valence-electron chi connectivity index (χ1n) is 4.51. The van der Waals surface area contributed by atoms with Crippen LogP contribution in [0.25, 0.3) is 0 Å². The molecular formula is C10H15NO. The molecule has 0 radical (unpaired) electrons. The molecule has 1 N–H and O–H groups in total. The first-order valence-corrected chi connectivity index (χ1v) is 4.51. The molecule has 1 heterocycles. The normalized spacial score (nSPS) is 23.1. The van der Waals surface area contributed by atoms with E-state index in [2.05, 4.69) is 11.2 Å². The van der Waals surface area contributed by atoms with E-state index in [0.717, 1.165) is 25.9 Å². The Bertz CT molecular complexity index is 187. The maximum absolute atomic E-state index is 11.4. The van der Waals surface area contributed by atoms with Crippen molar-refractivity contribution in [3.05, 3.63) is 0 Å². The van der Waals surface area contributed by atoms with Crippen LogP contribution >= 0.6 is 0 Å². The van der Waals surface area contributed by atoms with Gasteiger partial charge in [0.05, 0.1) is 0 Å². The van der Waals surface area contributed by atoms with E-state index in [1.807, 2.05) is 0 Å². The standard InChI is InChI=1S/C10H15NO/c1-2-3-6-10(12)9-5-4-7-11-8-9/h1,9,11H,3-8H2. The Morgan fingerprint density at radius 1 is 1.67 bits per heavy atom. The fourth-order valence-electron chi connectivity index (χ4n) is 1.53. The third kappa shape index (κ3) is 2.67. The number of nitrogens with one attached hydrogen (secondary N) is 1. The van der Waals surface area contributed by atoms with Gasteiger partial charge < -0.3 is 5.32 Å². The number of hydrogen-bond donors (Lipinski definition) is 1. The first-order chi connectivity index (χ1) is 5.84. The van der Waals surface area contributed by atoms with Crippen molar-refractivity contribution in [3.63, 3.8) is 0 Å². The first kappa shape index (κ1) is 9.28. The van der Waals surface area contributed by atoms with Crippen molar-refractivity contribution in [1.29, 1.82) is 0 Å². The van der Waals surface area contributed by atoms with Gasteiger partial charge in [-0.2, -0.15) is 0 Å². The number of hydrogen-bond acceptors (Lipinski definition) is 2. The van der Waals surface area contributed by atoms with Crippen LogP contribution in [-0.4, -0.2) is 18.9 Å². The summed E-state index contributed by atoms with van der Waals surface area (Å²) < 4.78 is 0. The smallest absolute Gasteiger partial charge is 0.138 e. The van der Waals surface area contributed by atoms with E-state index in [-0.39, 0.29) is 5.92 Å². The van der Waals surface area contributed by atoms with Crippen LogP contribution in [0.4, 0.5) is 0 Å². The van der Waals surface area contributed by atoms with Crippen LogP contribution in [0.3, 0.4) is 0 Å². The maximum atomic E-state index is 11.4. The largest absolute Gasteiger partial charge is 0.316 e. The van der Waals surface area contributed by atoms with Gasteiger partial charge in [-0.1, -0.05) is 0 Å². The summed E-state index contributed by atoms with van der Waals surface area (Å²) in [5.74, 6) is 3.06. The highest BCUT2D eigenvalue weighted by Gasteiger charge is 2.19. The van der Waals surface area contributed by atoms with E-state index >= 15 is 0 Å². The van der Waals surface area contributed by atoms with E-state index in [1.165, 1.54) is 0 Å². The molecule has 1 rings (SSSR count). The van der Waals surface area contributed by atoms with Crippen LogP contribution in [-0.2, 0) is 4.79 Å². The molecule has 0 aliphatic carbocycles. The molecule has 2 heteroatoms. The summed E-state index contributed by atoms with van der Waals surface area (Å²) in [5, 5.41) is 3.22. The van der Waals surface area contributed by atoms with Gasteiger partial charge >= 0.3 is 0 Å². The lowest BCUT2D eigenvalue weighted by atomic mass is 9.93. The van der Waals surface area contributed by atoms with Crippen LogP contribution in [0.1, 0.15) is 25.7 Å². The molecule has 0 aromatic heterocycles. The Kier molecular flexibility index (Phi) is 3.83. The molecule has 0 aromatic carbocycles. The second-order valence-corrected chi connectivity index (χ2v) is 3.21. The number of Topliss-reactive ketones (excluding diaryl/α,β-unsaturated/α-hetero) is 1. The van der Waals surface area contributed by atoms with Gasteiger partial charge in [-0.25, -0.2) is 0 Å². The van der Waals surface area contributed by atoms with Crippen molar-refractivity contribution in [2.24, 2.45) is 5.92 Å². The van der Waals surface area contributed by atoms with Crippen molar-refractivity contribution >= 4 is 5.78 Å². The fraction of sp³-hybridized carbons (Fsp3) is 0.700. The molecule has 0 amide bonds. The van der Waals surface area contributed by atoms with Crippen LogP contribution in [0, 0.1) is 18.3 Å². The molecule has 2 nitrogen and oxygen atoms in total. The van der Waals surface area contributed by atoms with Crippen LogP contribution in [0.15, 0.2) is 0 Å². The highest BCUT2D eigenvalue weighted by atomic mass is 16.1. The molecule has 1 fully saturated rings. The minimum absolute atomic E-state index is 0.229. The maximum Gasteiger partial charge on any atom is 0.138 e. The Labute approximate surface area is 73.7 Å². The number of ketones is 1. The van der Waals surface area contributed by atoms with Crippen molar-refractivity contribution in [3.8, 4) is 12.3 Å². The number of piperidine rings is 1. The second kappa shape index (κ2) is 4.95. The Balaban J connectivity index is 2.26. The third-order valence-corrected chi connectivity index (χ3v) is 2.27. The zero-order valence-electron chi connectivity index (χ0n) is 7.31. The Morgan fingerprint density at radius 3 is 3.08 bits per heavy atom. The van der Waals surface area contributed by atoms with Gasteiger partial charge in [-0.15, -0.1) is 12.3 Å². The summed E-state index contributed by atoms with van der Waals surface area (Å²) in [6.07, 6.45) is 8.40. The summed E-state index contributed by atoms with van der Waals surface area (Å²) in [6.45, 7) is 1.91. The number of carbonyl (C=O) groups excluding carboxylic acids is 1. The predicted molar refractivity (Wildman–Crippen MR) is 48.7 cm³/mol. The molecule has 0 aromatic rings. The van der Waals surface area contributed by atoms with Crippen molar-refractivity contribution in [1.82, 2.24) is 5.32 Å². The lowest BCUT2D eigenvalue weighted by Gasteiger charge is -2.20. The average molecular weight is 165 g/mol. The molecule has 1 unspecified atom stereocenters. The summed E-state index contributed by atoms with van der Waals surface area (Å²) in [7, 11) is 0. The molecule has 1 aliphatic heterocycles. The lowest BCUT2D eigenvalue weighted by Crippen LogP contribution is -2.34. The summed E-state index contributed by atoms with van der Waals surface area (Å²) in [5.41, 5.74) is 0. The van der Waals surface area contributed by atoms with Crippen LogP contribution < -0.4 is 5.32 Å². The van der Waals surface area contributed by atoms with Crippen molar-refractivity contribution in [2.45, 2.75) is 25.7 Å². The molecule has 1 saturated heterocycles. The number of rotatable bonds is 3. The van der Waals surface area contributed by atoms with Gasteiger partial charge in [-0.3, -0.25) is 4.79 Å². The highest BCUT2D eigenvalue weighted by Crippen LogP contribution is 2.13. The topological polar surface area (TPSA) is 29.1 Å². The molecule has 0 saturated carbocycles. The number of terminal acetylenes is 1. The summed E-state index contributed by atoms with van der Waals surface area (Å²) in [4.78, 5) is 11.4. The van der Waals surface area contributed by atoms with E-state index in [9.17, 15) is 4.79 Å². The van der Waals surface area contributed by atoms with E-state index in [4.69, 9.17) is 6.42 Å². The van der Waals surface area contributed by atoms with Gasteiger partial charge in [0.25, 0.3) is 0 Å². The second-order valence-electron chi connectivity index (χ2n) is 3.21. The average Bonchev–Trinajstić information content (AvgIpc) is 2.15.